The molecule has 0 radical (unpaired) electrons. The van der Waals surface area contributed by atoms with E-state index in [0.717, 1.165) is 19.5 Å². The van der Waals surface area contributed by atoms with Gasteiger partial charge in [0.05, 0.1) is 5.69 Å². The Morgan fingerprint density at radius 2 is 1.42 bits per heavy atom. The molecule has 3 unspecified atom stereocenters. The third-order valence-corrected chi connectivity index (χ3v) is 9.67. The summed E-state index contributed by atoms with van der Waals surface area (Å²) in [7, 11) is 0. The summed E-state index contributed by atoms with van der Waals surface area (Å²) < 4.78 is 12.0. The number of likely N-dealkylation sites (tertiary alicyclic amines) is 1. The van der Waals surface area contributed by atoms with Crippen LogP contribution in [0.25, 0.3) is 5.69 Å². The number of aromatic nitrogens is 2. The van der Waals surface area contributed by atoms with E-state index < -0.39 is 35.1 Å². The molecule has 15 nitrogen and oxygen atoms in total. The zero-order chi connectivity index (χ0) is 38.0. The number of piperidine rings is 1. The van der Waals surface area contributed by atoms with Crippen LogP contribution in [0.1, 0.15) is 61.0 Å². The number of urea groups is 1. The van der Waals surface area contributed by atoms with Gasteiger partial charge in [-0.3, -0.25) is 19.6 Å². The number of alkyl carbamates (subject to hydrolysis) is 2. The first-order valence-corrected chi connectivity index (χ1v) is 18.1. The van der Waals surface area contributed by atoms with Crippen molar-refractivity contribution in [1.82, 2.24) is 34.9 Å². The number of amides is 5. The van der Waals surface area contributed by atoms with E-state index in [4.69, 9.17) is 9.47 Å². The van der Waals surface area contributed by atoms with Gasteiger partial charge in [0.2, 0.25) is 5.91 Å². The summed E-state index contributed by atoms with van der Waals surface area (Å²) in [6, 6.07) is 8.59. The van der Waals surface area contributed by atoms with Gasteiger partial charge in [-0.05, 0) is 103 Å². The molecule has 1 aromatic carbocycles. The minimum Gasteiger partial charge on any atom is -0.444 e. The number of piperazine rings is 1. The number of carbonyl (C=O) groups is 4. The van der Waals surface area contributed by atoms with Crippen LogP contribution >= 0.6 is 0 Å². The van der Waals surface area contributed by atoms with Crippen LogP contribution in [-0.4, -0.2) is 117 Å². The van der Waals surface area contributed by atoms with Gasteiger partial charge in [-0.25, -0.2) is 19.2 Å². The van der Waals surface area contributed by atoms with Crippen LogP contribution in [0.15, 0.2) is 41.3 Å². The third-order valence-electron chi connectivity index (χ3n) is 9.67. The molecule has 2 aromatic rings. The SMILES string of the molecule is CC(Cc1ccc(-n2ccc(NC(=O)N3CCN(C(=O)[C@H](C)NC(=O)OC(C)(C)C)CC3)nc2=O)cc1)N1CC2C(CNC(=O)OC(C)(C)C)C2C1. The first-order valence-electron chi connectivity index (χ1n) is 18.1. The Morgan fingerprint density at radius 1 is 0.846 bits per heavy atom. The summed E-state index contributed by atoms with van der Waals surface area (Å²) in [6.45, 7) is 18.5. The van der Waals surface area contributed by atoms with E-state index in [2.05, 4.69) is 32.8 Å². The van der Waals surface area contributed by atoms with Crippen LogP contribution in [-0.2, 0) is 20.7 Å². The van der Waals surface area contributed by atoms with Gasteiger partial charge >= 0.3 is 23.9 Å². The monoisotopic (exact) mass is 722 g/mol. The number of rotatable bonds is 9. The summed E-state index contributed by atoms with van der Waals surface area (Å²) in [5, 5.41) is 8.17. The molecular formula is C37H54N8O7. The lowest BCUT2D eigenvalue weighted by molar-refractivity contribution is -0.134. The van der Waals surface area contributed by atoms with Crippen LogP contribution in [0.3, 0.4) is 0 Å². The van der Waals surface area contributed by atoms with Crippen LogP contribution in [0.2, 0.25) is 0 Å². The van der Waals surface area contributed by atoms with Gasteiger partial charge in [-0.1, -0.05) is 12.1 Å². The van der Waals surface area contributed by atoms with Crippen molar-refractivity contribution in [2.75, 3.05) is 51.1 Å². The third kappa shape index (κ3) is 10.2. The Hall–Kier alpha value is -4.66. The molecule has 0 spiro atoms. The van der Waals surface area contributed by atoms with Crippen molar-refractivity contribution >= 4 is 29.9 Å². The second-order valence-electron chi connectivity index (χ2n) is 16.1. The van der Waals surface area contributed by atoms with Gasteiger partial charge in [0.25, 0.3) is 0 Å². The molecule has 15 heteroatoms. The topological polar surface area (TPSA) is 167 Å². The molecule has 3 aliphatic rings. The zero-order valence-corrected chi connectivity index (χ0v) is 31.6. The number of nitrogens with one attached hydrogen (secondary N) is 3. The second kappa shape index (κ2) is 15.5. The van der Waals surface area contributed by atoms with Gasteiger partial charge in [-0.15, -0.1) is 0 Å². The van der Waals surface area contributed by atoms with Crippen LogP contribution in [0, 0.1) is 17.8 Å². The van der Waals surface area contributed by atoms with Crippen molar-refractivity contribution in [3.63, 3.8) is 0 Å². The number of anilines is 1. The number of nitrogens with zero attached hydrogens (tertiary/aromatic N) is 5. The van der Waals surface area contributed by atoms with E-state index in [-0.39, 0.29) is 30.9 Å². The van der Waals surface area contributed by atoms with E-state index in [1.807, 2.05) is 45.0 Å². The molecular weight excluding hydrogens is 668 g/mol. The van der Waals surface area contributed by atoms with Gasteiger partial charge in [0.1, 0.15) is 23.1 Å². The van der Waals surface area contributed by atoms with Gasteiger partial charge < -0.3 is 29.9 Å². The molecule has 1 saturated carbocycles. The first-order chi connectivity index (χ1) is 24.4. The van der Waals surface area contributed by atoms with Crippen molar-refractivity contribution in [3.8, 4) is 5.69 Å². The van der Waals surface area contributed by atoms with Gasteiger partial charge in [0.15, 0.2) is 0 Å². The first kappa shape index (κ1) is 38.6. The summed E-state index contributed by atoms with van der Waals surface area (Å²) >= 11 is 0. The molecule has 3 fully saturated rings. The molecule has 3 N–H and O–H groups in total. The average Bonchev–Trinajstić information content (AvgIpc) is 3.49. The number of ether oxygens (including phenoxy) is 2. The van der Waals surface area contributed by atoms with E-state index in [0.29, 0.717) is 49.1 Å². The van der Waals surface area contributed by atoms with Gasteiger partial charge in [0, 0.05) is 58.1 Å². The Labute approximate surface area is 305 Å². The molecule has 0 bridgehead atoms. The fourth-order valence-electron chi connectivity index (χ4n) is 6.93. The fourth-order valence-corrected chi connectivity index (χ4v) is 6.93. The maximum atomic E-state index is 12.9. The quantitative estimate of drug-likeness (QED) is 0.351. The highest BCUT2D eigenvalue weighted by Gasteiger charge is 2.55. The summed E-state index contributed by atoms with van der Waals surface area (Å²) in [5.74, 6) is 1.61. The lowest BCUT2D eigenvalue weighted by Crippen LogP contribution is -2.56. The number of hydrogen-bond acceptors (Lipinski definition) is 9. The van der Waals surface area contributed by atoms with Gasteiger partial charge in [-0.2, -0.15) is 4.98 Å². The van der Waals surface area contributed by atoms with E-state index in [1.54, 1.807) is 49.8 Å². The van der Waals surface area contributed by atoms with Crippen molar-refractivity contribution in [3.05, 3.63) is 52.6 Å². The summed E-state index contributed by atoms with van der Waals surface area (Å²) in [4.78, 5) is 72.5. The highest BCUT2D eigenvalue weighted by molar-refractivity contribution is 5.89. The maximum absolute atomic E-state index is 12.9. The molecule has 5 rings (SSSR count). The van der Waals surface area contributed by atoms with Crippen molar-refractivity contribution in [1.29, 1.82) is 0 Å². The fraction of sp³-hybridized carbons (Fsp3) is 0.622. The number of fused-ring (bicyclic) bond motifs is 1. The van der Waals surface area contributed by atoms with Crippen molar-refractivity contribution in [2.45, 2.75) is 85.1 Å². The highest BCUT2D eigenvalue weighted by Crippen LogP contribution is 2.51. The molecule has 1 aliphatic carbocycles. The average molecular weight is 723 g/mol. The standard InChI is InChI=1S/C37H54N8O7/c1-23(44-21-28-27(29(28)22-44)20-38-34(49)51-36(3,4)5)19-25-9-11-26(12-10-25)45-14-13-30(41-33(45)48)40-32(47)43-17-15-42(16-18-43)31(46)24(2)39-35(50)52-37(6,7)8/h9-14,23-24,27-29H,15-22H2,1-8H3,(H,38,49)(H,39,50)(H,40,41,47,48)/t23?,24-,27?,28?,29?/m0/s1. The van der Waals surface area contributed by atoms with Crippen LogP contribution < -0.4 is 21.6 Å². The Balaban J connectivity index is 1.04. The lowest BCUT2D eigenvalue weighted by atomic mass is 10.0. The molecule has 3 heterocycles. The minimum atomic E-state index is -0.775. The van der Waals surface area contributed by atoms with E-state index in [1.165, 1.54) is 10.1 Å². The number of hydrogen-bond donors (Lipinski definition) is 3. The highest BCUT2D eigenvalue weighted by atomic mass is 16.6. The van der Waals surface area contributed by atoms with Crippen molar-refractivity contribution < 1.29 is 28.7 Å². The Kier molecular flexibility index (Phi) is 11.5. The van der Waals surface area contributed by atoms with Crippen molar-refractivity contribution in [2.24, 2.45) is 17.8 Å². The summed E-state index contributed by atoms with van der Waals surface area (Å²) in [5.41, 5.74) is 0.144. The summed E-state index contributed by atoms with van der Waals surface area (Å²) in [6.07, 6.45) is 1.44. The van der Waals surface area contributed by atoms with Crippen LogP contribution in [0.5, 0.6) is 0 Å². The Bertz CT molecular complexity index is 1660. The second-order valence-corrected chi connectivity index (χ2v) is 16.1. The molecule has 284 valence electrons. The normalized spacial score (nSPS) is 21.4. The van der Waals surface area contributed by atoms with E-state index in [9.17, 15) is 24.0 Å². The zero-order valence-electron chi connectivity index (χ0n) is 31.6. The largest absolute Gasteiger partial charge is 0.444 e. The molecule has 2 saturated heterocycles. The predicted octanol–water partition coefficient (Wildman–Crippen LogP) is 3.46. The smallest absolute Gasteiger partial charge is 0.408 e. The molecule has 5 amide bonds. The maximum Gasteiger partial charge on any atom is 0.408 e. The minimum absolute atomic E-state index is 0.136. The molecule has 2 aliphatic heterocycles. The molecule has 4 atom stereocenters. The number of carbonyl (C=O) groups excluding carboxylic acids is 4. The molecule has 1 aromatic heterocycles. The molecule has 52 heavy (non-hydrogen) atoms. The lowest BCUT2D eigenvalue weighted by Gasteiger charge is -2.36. The van der Waals surface area contributed by atoms with E-state index >= 15 is 0 Å². The Morgan fingerprint density at radius 3 is 2.00 bits per heavy atom. The van der Waals surface area contributed by atoms with Crippen LogP contribution in [0.4, 0.5) is 20.2 Å². The number of benzene rings is 1. The predicted molar refractivity (Wildman–Crippen MR) is 195 cm³/mol.